The van der Waals surface area contributed by atoms with E-state index in [1.54, 1.807) is 0 Å². The molecule has 0 aromatic carbocycles. The molecule has 8 nitrogen and oxygen atoms in total. The van der Waals surface area contributed by atoms with Crippen LogP contribution in [0, 0.1) is 0 Å². The predicted molar refractivity (Wildman–Crippen MR) is 80.6 cm³/mol. The minimum Gasteiger partial charge on any atom is -0.481 e. The SMILES string of the molecule is O=C(O)CCCCCCCNC(=O)C1(O)CC(O)C(O)C(O)C1. The number of amides is 1. The molecular weight excluding hydrogens is 306 g/mol. The molecule has 0 heterocycles. The highest BCUT2D eigenvalue weighted by atomic mass is 16.4. The number of hydrogen-bond donors (Lipinski definition) is 6. The van der Waals surface area contributed by atoms with Gasteiger partial charge in [0.2, 0.25) is 0 Å². The van der Waals surface area contributed by atoms with E-state index < -0.39 is 35.8 Å². The van der Waals surface area contributed by atoms with Crippen LogP contribution in [0.5, 0.6) is 0 Å². The number of nitrogens with one attached hydrogen (secondary N) is 1. The molecule has 2 atom stereocenters. The summed E-state index contributed by atoms with van der Waals surface area (Å²) in [6.45, 7) is 0.356. The van der Waals surface area contributed by atoms with Crippen molar-refractivity contribution >= 4 is 11.9 Å². The molecule has 0 bridgehead atoms. The molecule has 2 unspecified atom stereocenters. The van der Waals surface area contributed by atoms with Crippen molar-refractivity contribution in [1.82, 2.24) is 5.32 Å². The Labute approximate surface area is 135 Å². The topological polar surface area (TPSA) is 147 Å². The van der Waals surface area contributed by atoms with E-state index >= 15 is 0 Å². The van der Waals surface area contributed by atoms with Gasteiger partial charge in [-0.2, -0.15) is 0 Å². The largest absolute Gasteiger partial charge is 0.481 e. The fourth-order valence-electron chi connectivity index (χ4n) is 2.76. The third-order valence-corrected chi connectivity index (χ3v) is 4.16. The second-order valence-corrected chi connectivity index (χ2v) is 6.23. The zero-order valence-corrected chi connectivity index (χ0v) is 13.1. The highest BCUT2D eigenvalue weighted by Crippen LogP contribution is 2.29. The van der Waals surface area contributed by atoms with Gasteiger partial charge >= 0.3 is 5.97 Å². The first-order valence-corrected chi connectivity index (χ1v) is 8.03. The monoisotopic (exact) mass is 333 g/mol. The highest BCUT2D eigenvalue weighted by Gasteiger charge is 2.48. The molecule has 6 N–H and O–H groups in total. The zero-order valence-electron chi connectivity index (χ0n) is 13.1. The molecule has 0 saturated heterocycles. The lowest BCUT2D eigenvalue weighted by atomic mass is 9.79. The van der Waals surface area contributed by atoms with Gasteiger partial charge in [0.15, 0.2) is 0 Å². The van der Waals surface area contributed by atoms with Gasteiger partial charge in [0, 0.05) is 25.8 Å². The van der Waals surface area contributed by atoms with Crippen LogP contribution in [0.2, 0.25) is 0 Å². The van der Waals surface area contributed by atoms with E-state index in [4.69, 9.17) is 5.11 Å². The molecule has 1 aliphatic carbocycles. The first kappa shape index (κ1) is 19.8. The van der Waals surface area contributed by atoms with Crippen LogP contribution in [0.3, 0.4) is 0 Å². The number of carbonyl (C=O) groups is 2. The number of unbranched alkanes of at least 4 members (excludes halogenated alkanes) is 4. The maximum absolute atomic E-state index is 12.0. The summed E-state index contributed by atoms with van der Waals surface area (Å²) >= 11 is 0. The van der Waals surface area contributed by atoms with Gasteiger partial charge in [-0.3, -0.25) is 9.59 Å². The molecule has 0 aromatic rings. The van der Waals surface area contributed by atoms with Crippen molar-refractivity contribution < 1.29 is 35.1 Å². The Hall–Kier alpha value is -1.22. The average Bonchev–Trinajstić information content (AvgIpc) is 2.46. The third-order valence-electron chi connectivity index (χ3n) is 4.16. The number of carbonyl (C=O) groups excluding carboxylic acids is 1. The van der Waals surface area contributed by atoms with Gasteiger partial charge in [0.25, 0.3) is 5.91 Å². The van der Waals surface area contributed by atoms with Gasteiger partial charge in [0.1, 0.15) is 11.7 Å². The molecule has 0 spiro atoms. The molecule has 0 aromatic heterocycles. The van der Waals surface area contributed by atoms with Gasteiger partial charge in [-0.1, -0.05) is 19.3 Å². The van der Waals surface area contributed by atoms with E-state index in [2.05, 4.69) is 5.32 Å². The number of carboxylic acid groups (broad SMARTS) is 1. The quantitative estimate of drug-likeness (QED) is 0.301. The molecule has 0 radical (unpaired) electrons. The Morgan fingerprint density at radius 1 is 0.957 bits per heavy atom. The molecule has 134 valence electrons. The lowest BCUT2D eigenvalue weighted by molar-refractivity contribution is -0.172. The molecule has 1 amide bonds. The van der Waals surface area contributed by atoms with Crippen molar-refractivity contribution in [3.05, 3.63) is 0 Å². The van der Waals surface area contributed by atoms with Gasteiger partial charge < -0.3 is 30.8 Å². The minimum absolute atomic E-state index is 0.167. The summed E-state index contributed by atoms with van der Waals surface area (Å²) in [5.41, 5.74) is -1.88. The van der Waals surface area contributed by atoms with E-state index in [9.17, 15) is 30.0 Å². The lowest BCUT2D eigenvalue weighted by Crippen LogP contribution is -2.59. The highest BCUT2D eigenvalue weighted by molar-refractivity contribution is 5.85. The molecule has 1 aliphatic rings. The Morgan fingerprint density at radius 2 is 1.48 bits per heavy atom. The molecule has 0 aliphatic heterocycles. The number of aliphatic hydroxyl groups excluding tert-OH is 3. The Kier molecular flexibility index (Phi) is 7.90. The van der Waals surface area contributed by atoms with E-state index in [0.29, 0.717) is 19.4 Å². The first-order valence-electron chi connectivity index (χ1n) is 8.03. The van der Waals surface area contributed by atoms with Crippen LogP contribution in [0.15, 0.2) is 0 Å². The van der Waals surface area contributed by atoms with Crippen molar-refractivity contribution in [3.63, 3.8) is 0 Å². The number of carboxylic acids is 1. The summed E-state index contributed by atoms with van der Waals surface area (Å²) in [7, 11) is 0. The number of aliphatic hydroxyl groups is 4. The molecule has 23 heavy (non-hydrogen) atoms. The lowest BCUT2D eigenvalue weighted by Gasteiger charge is -2.39. The van der Waals surface area contributed by atoms with Crippen LogP contribution in [-0.2, 0) is 9.59 Å². The summed E-state index contributed by atoms with van der Waals surface area (Å²) in [5, 5.41) is 49.9. The van der Waals surface area contributed by atoms with Crippen molar-refractivity contribution in [3.8, 4) is 0 Å². The van der Waals surface area contributed by atoms with E-state index in [1.165, 1.54) is 0 Å². The predicted octanol–water partition coefficient (Wildman–Crippen LogP) is -0.865. The Morgan fingerprint density at radius 3 is 2.04 bits per heavy atom. The van der Waals surface area contributed by atoms with E-state index in [0.717, 1.165) is 19.3 Å². The normalized spacial score (nSPS) is 30.9. The number of rotatable bonds is 9. The smallest absolute Gasteiger partial charge is 0.303 e. The summed E-state index contributed by atoms with van der Waals surface area (Å²) in [5.74, 6) is -1.46. The second-order valence-electron chi connectivity index (χ2n) is 6.23. The standard InChI is InChI=1S/C15H27NO7/c17-10-8-15(23,9-11(18)13(10)21)14(22)16-7-5-3-1-2-4-6-12(19)20/h10-11,13,17-18,21,23H,1-9H2,(H,16,22)(H,19,20). The summed E-state index contributed by atoms with van der Waals surface area (Å²) in [6, 6.07) is 0. The van der Waals surface area contributed by atoms with Crippen LogP contribution >= 0.6 is 0 Å². The van der Waals surface area contributed by atoms with Crippen LogP contribution < -0.4 is 5.32 Å². The number of aliphatic carboxylic acids is 1. The van der Waals surface area contributed by atoms with E-state index in [-0.39, 0.29) is 19.3 Å². The van der Waals surface area contributed by atoms with Gasteiger partial charge in [-0.25, -0.2) is 0 Å². The molecule has 1 saturated carbocycles. The van der Waals surface area contributed by atoms with E-state index in [1.807, 2.05) is 0 Å². The molecule has 1 rings (SSSR count). The summed E-state index contributed by atoms with van der Waals surface area (Å²) in [6.07, 6.45) is -0.637. The third kappa shape index (κ3) is 6.42. The van der Waals surface area contributed by atoms with Gasteiger partial charge in [-0.15, -0.1) is 0 Å². The van der Waals surface area contributed by atoms with Crippen LogP contribution in [0.25, 0.3) is 0 Å². The van der Waals surface area contributed by atoms with Crippen LogP contribution in [0.1, 0.15) is 51.4 Å². The second kappa shape index (κ2) is 9.17. The van der Waals surface area contributed by atoms with Gasteiger partial charge in [0.05, 0.1) is 12.2 Å². The average molecular weight is 333 g/mol. The summed E-state index contributed by atoms with van der Waals surface area (Å²) < 4.78 is 0. The van der Waals surface area contributed by atoms with Crippen molar-refractivity contribution in [2.24, 2.45) is 0 Å². The fraction of sp³-hybridized carbons (Fsp3) is 0.867. The summed E-state index contributed by atoms with van der Waals surface area (Å²) in [4.78, 5) is 22.3. The molecule has 1 fully saturated rings. The maximum atomic E-state index is 12.0. The van der Waals surface area contributed by atoms with Gasteiger partial charge in [-0.05, 0) is 12.8 Å². The number of hydrogen-bond acceptors (Lipinski definition) is 6. The van der Waals surface area contributed by atoms with Crippen LogP contribution in [0.4, 0.5) is 0 Å². The van der Waals surface area contributed by atoms with Crippen molar-refractivity contribution in [2.75, 3.05) is 6.54 Å². The first-order chi connectivity index (χ1) is 10.8. The van der Waals surface area contributed by atoms with Crippen molar-refractivity contribution in [2.45, 2.75) is 75.3 Å². The molecule has 8 heteroatoms. The fourth-order valence-corrected chi connectivity index (χ4v) is 2.76. The minimum atomic E-state index is -1.88. The molecular formula is C15H27NO7. The Balaban J connectivity index is 2.20. The van der Waals surface area contributed by atoms with Crippen LogP contribution in [-0.4, -0.2) is 67.9 Å². The Bertz CT molecular complexity index is 389. The maximum Gasteiger partial charge on any atom is 0.303 e. The van der Waals surface area contributed by atoms with Crippen molar-refractivity contribution in [1.29, 1.82) is 0 Å². The zero-order chi connectivity index (χ0) is 17.5.